The second-order valence-electron chi connectivity index (χ2n) is 13.7. The molecule has 12 N–H and O–H groups in total. The molecular weight excluding hydrogens is 866 g/mol. The maximum Gasteiger partial charge on any atom is 0.472 e. The van der Waals surface area contributed by atoms with Crippen molar-refractivity contribution in [2.45, 2.75) is 73.6 Å². The number of nitrogens with zero attached hydrogens (tertiary/aromatic N) is 9. The zero-order valence-corrected chi connectivity index (χ0v) is 32.5. The highest BCUT2D eigenvalue weighted by molar-refractivity contribution is 7.47. The van der Waals surface area contributed by atoms with Crippen molar-refractivity contribution in [2.24, 2.45) is 0 Å². The highest BCUT2D eigenvalue weighted by Gasteiger charge is 2.53. The lowest BCUT2D eigenvalue weighted by Gasteiger charge is -2.25. The molecule has 30 nitrogen and oxygen atoms in total. The van der Waals surface area contributed by atoms with Gasteiger partial charge in [0.2, 0.25) is 0 Å². The summed E-state index contributed by atoms with van der Waals surface area (Å²) in [5, 5.41) is 53.9. The maximum absolute atomic E-state index is 13.5. The Labute approximate surface area is 338 Å². The van der Waals surface area contributed by atoms with Gasteiger partial charge in [-0.2, -0.15) is 0 Å². The number of nitrogens with one attached hydrogen (secondary N) is 1. The van der Waals surface area contributed by atoms with Crippen LogP contribution < -0.4 is 22.7 Å². The minimum atomic E-state index is -5.35. The summed E-state index contributed by atoms with van der Waals surface area (Å²) in [6.07, 6.45) is -14.5. The van der Waals surface area contributed by atoms with Crippen molar-refractivity contribution in [2.75, 3.05) is 31.3 Å². The third kappa shape index (κ3) is 8.21. The lowest BCUT2D eigenvalue weighted by atomic mass is 10.1. The summed E-state index contributed by atoms with van der Waals surface area (Å²) >= 11 is 0. The average molecular weight is 903 g/mol. The van der Waals surface area contributed by atoms with Crippen LogP contribution in [0.4, 0.5) is 11.6 Å². The number of phosphoric ester groups is 2. The van der Waals surface area contributed by atoms with Crippen LogP contribution in [0.2, 0.25) is 0 Å². The minimum absolute atomic E-state index is 0.0261. The number of nitrogens with two attached hydrogens (primary N) is 2. The molecular formula is C29H36N12O18P2. The summed E-state index contributed by atoms with van der Waals surface area (Å²) in [6, 6.07) is 0.940. The average Bonchev–Trinajstić information content (AvgIpc) is 4.03. The molecule has 3 aliphatic rings. The molecule has 0 spiro atoms. The fraction of sp³-hybridized carbons (Fsp3) is 0.517. The van der Waals surface area contributed by atoms with Gasteiger partial charge in [0.1, 0.15) is 78.6 Å². The first-order valence-corrected chi connectivity index (χ1v) is 20.7. The van der Waals surface area contributed by atoms with E-state index in [2.05, 4.69) is 29.9 Å². The molecule has 8 heterocycles. The van der Waals surface area contributed by atoms with Gasteiger partial charge in [-0.15, -0.1) is 0 Å². The quantitative estimate of drug-likeness (QED) is 0.0470. The summed E-state index contributed by atoms with van der Waals surface area (Å²) in [5.74, 6) is -0.0225. The first-order valence-electron chi connectivity index (χ1n) is 17.8. The zero-order valence-electron chi connectivity index (χ0n) is 30.7. The number of rotatable bonds is 14. The second kappa shape index (κ2) is 16.5. The van der Waals surface area contributed by atoms with E-state index in [4.69, 9.17) is 43.8 Å². The largest absolute Gasteiger partial charge is 0.472 e. The molecule has 8 rings (SSSR count). The Morgan fingerprint density at radius 2 is 1.15 bits per heavy atom. The molecule has 14 unspecified atom stereocenters. The van der Waals surface area contributed by atoms with E-state index in [1.807, 2.05) is 4.98 Å². The minimum Gasteiger partial charge on any atom is -0.394 e. The number of phosphoric acid groups is 2. The summed E-state index contributed by atoms with van der Waals surface area (Å²) in [4.78, 5) is 71.5. The van der Waals surface area contributed by atoms with E-state index in [1.54, 1.807) is 0 Å². The third-order valence-corrected chi connectivity index (χ3v) is 11.9. The lowest BCUT2D eigenvalue weighted by Crippen LogP contribution is -2.39. The van der Waals surface area contributed by atoms with Gasteiger partial charge in [0.05, 0.1) is 32.5 Å². The van der Waals surface area contributed by atoms with Crippen LogP contribution in [0.25, 0.3) is 22.3 Å². The number of aliphatic hydroxyl groups is 5. The molecule has 0 radical (unpaired) electrons. The Balaban J connectivity index is 0.982. The van der Waals surface area contributed by atoms with Crippen LogP contribution in [0.1, 0.15) is 18.7 Å². The van der Waals surface area contributed by atoms with E-state index in [0.717, 1.165) is 40.4 Å². The smallest absolute Gasteiger partial charge is 0.394 e. The molecule has 3 saturated heterocycles. The van der Waals surface area contributed by atoms with Gasteiger partial charge in [-0.25, -0.2) is 43.8 Å². The van der Waals surface area contributed by atoms with Gasteiger partial charge in [-0.05, 0) is 0 Å². The van der Waals surface area contributed by atoms with E-state index in [0.29, 0.717) is 0 Å². The second-order valence-corrected chi connectivity index (χ2v) is 16.5. The predicted molar refractivity (Wildman–Crippen MR) is 195 cm³/mol. The highest BCUT2D eigenvalue weighted by atomic mass is 31.2. The Morgan fingerprint density at radius 1 is 0.672 bits per heavy atom. The molecule has 5 aromatic heterocycles. The van der Waals surface area contributed by atoms with E-state index >= 15 is 0 Å². The van der Waals surface area contributed by atoms with Gasteiger partial charge >= 0.3 is 21.3 Å². The summed E-state index contributed by atoms with van der Waals surface area (Å²) in [7, 11) is -10.7. The van der Waals surface area contributed by atoms with E-state index in [9.17, 15) is 54.0 Å². The number of aromatic nitrogens is 10. The Hall–Kier alpha value is -4.72. The Kier molecular flexibility index (Phi) is 11.6. The molecule has 0 amide bonds. The fourth-order valence-corrected chi connectivity index (χ4v) is 8.91. The van der Waals surface area contributed by atoms with Gasteiger partial charge in [-0.3, -0.25) is 41.6 Å². The molecule has 61 heavy (non-hydrogen) atoms. The van der Waals surface area contributed by atoms with Crippen molar-refractivity contribution in [1.29, 1.82) is 0 Å². The summed E-state index contributed by atoms with van der Waals surface area (Å²) in [6.45, 7) is -2.82. The number of hydrogen-bond donors (Lipinski definition) is 10. The highest BCUT2D eigenvalue weighted by Crippen LogP contribution is 2.52. The SMILES string of the molecule is Nc1ncnc2c1ncn2C1OC(COP(=O)(O)OC2C(COP(=O)(O)OC3C(CO)OC(n4ccc(=O)[nH]c4=O)C3O)OC(n3cnc4c(N)ncnc43)C2O)C(O)C1O. The van der Waals surface area contributed by atoms with Crippen molar-refractivity contribution < 1.29 is 76.8 Å². The number of aromatic amines is 1. The molecule has 5 aromatic rings. The fourth-order valence-electron chi connectivity index (χ4n) is 6.98. The molecule has 0 saturated carbocycles. The van der Waals surface area contributed by atoms with Crippen molar-refractivity contribution in [3.8, 4) is 0 Å². The van der Waals surface area contributed by atoms with E-state index < -0.39 is 120 Å². The number of aliphatic hydroxyl groups excluding tert-OH is 5. The number of imidazole rings is 2. The van der Waals surface area contributed by atoms with Crippen molar-refractivity contribution in [3.05, 3.63) is 58.4 Å². The molecule has 0 aromatic carbocycles. The molecule has 3 aliphatic heterocycles. The number of H-pyrrole nitrogens is 1. The van der Waals surface area contributed by atoms with Gasteiger partial charge in [0, 0.05) is 12.3 Å². The summed E-state index contributed by atoms with van der Waals surface area (Å²) < 4.78 is 67.8. The molecule has 32 heteroatoms. The molecule has 330 valence electrons. The summed E-state index contributed by atoms with van der Waals surface area (Å²) in [5.41, 5.74) is 10.4. The predicted octanol–water partition coefficient (Wildman–Crippen LogP) is -4.49. The van der Waals surface area contributed by atoms with Gasteiger partial charge < -0.3 is 61.0 Å². The van der Waals surface area contributed by atoms with Crippen molar-refractivity contribution in [1.82, 2.24) is 48.6 Å². The van der Waals surface area contributed by atoms with Crippen molar-refractivity contribution in [3.63, 3.8) is 0 Å². The lowest BCUT2D eigenvalue weighted by molar-refractivity contribution is -0.0621. The van der Waals surface area contributed by atoms with Crippen LogP contribution in [0, 0.1) is 0 Å². The first-order chi connectivity index (χ1) is 29.0. The normalized spacial score (nSPS) is 32.4. The number of fused-ring (bicyclic) bond motifs is 2. The molecule has 0 bridgehead atoms. The van der Waals surface area contributed by atoms with E-state index in [-0.39, 0.29) is 34.0 Å². The van der Waals surface area contributed by atoms with Crippen molar-refractivity contribution >= 4 is 49.6 Å². The van der Waals surface area contributed by atoms with Gasteiger partial charge in [-0.1, -0.05) is 0 Å². The number of nitrogen functional groups attached to an aromatic ring is 2. The number of anilines is 2. The van der Waals surface area contributed by atoms with Crippen LogP contribution in [-0.2, 0) is 41.4 Å². The van der Waals surface area contributed by atoms with Crippen LogP contribution >= 0.6 is 15.6 Å². The van der Waals surface area contributed by atoms with Gasteiger partial charge in [0.15, 0.2) is 41.6 Å². The van der Waals surface area contributed by atoms with Crippen LogP contribution in [-0.4, -0.2) is 159 Å². The zero-order chi connectivity index (χ0) is 43.5. The topological polar surface area (TPSA) is 434 Å². The molecule has 0 aliphatic carbocycles. The molecule has 14 atom stereocenters. The Morgan fingerprint density at radius 3 is 1.69 bits per heavy atom. The number of hydrogen-bond acceptors (Lipinski definition) is 24. The standard InChI is InChI=1S/C29H36N12O18P2/c30-22-14-24(34-6-32-22)40(8-36-14)26-17(45)16(44)11(56-26)4-53-60(49,50)59-21-12(57-28(19(21)47)41-9-37-15-23(31)33-7-35-25(15)41)5-54-61(51,52)58-20-10(3-42)55-27(18(20)46)39-2-1-13(43)38-29(39)48/h1-2,6-12,16-21,26-28,42,44-47H,3-5H2,(H,49,50)(H,51,52)(H2,30,32,34)(H2,31,33,35)(H,38,43,48). The van der Waals surface area contributed by atoms with E-state index in [1.165, 1.54) is 10.9 Å². The maximum atomic E-state index is 13.5. The molecule has 3 fully saturated rings. The number of ether oxygens (including phenoxy) is 3. The monoisotopic (exact) mass is 902 g/mol. The van der Waals surface area contributed by atoms with Crippen LogP contribution in [0.15, 0.2) is 47.2 Å². The van der Waals surface area contributed by atoms with Crippen LogP contribution in [0.3, 0.4) is 0 Å². The van der Waals surface area contributed by atoms with Gasteiger partial charge in [0.25, 0.3) is 5.56 Å². The third-order valence-electron chi connectivity index (χ3n) is 9.90. The Bertz CT molecular complexity index is 2630. The first kappa shape index (κ1) is 42.9. The van der Waals surface area contributed by atoms with Crippen LogP contribution in [0.5, 0.6) is 0 Å².